The first kappa shape index (κ1) is 14.8. The molecule has 2 rings (SSSR count). The van der Waals surface area contributed by atoms with Crippen LogP contribution < -0.4 is 0 Å². The second-order valence-electron chi connectivity index (χ2n) is 5.94. The number of epoxide rings is 1. The molecule has 2 heterocycles. The van der Waals surface area contributed by atoms with E-state index in [0.717, 1.165) is 19.3 Å². The zero-order valence-corrected chi connectivity index (χ0v) is 12.1. The summed E-state index contributed by atoms with van der Waals surface area (Å²) in [5.41, 5.74) is 0. The molecular weight excluding hydrogens is 240 g/mol. The first-order valence-corrected chi connectivity index (χ1v) is 8.17. The van der Waals surface area contributed by atoms with E-state index in [1.807, 2.05) is 0 Å². The third kappa shape index (κ3) is 6.42. The maximum Gasteiger partial charge on any atom is 0.305 e. The van der Waals surface area contributed by atoms with Crippen LogP contribution in [0.4, 0.5) is 0 Å². The summed E-state index contributed by atoms with van der Waals surface area (Å²) in [6.45, 7) is 0.618. The first-order chi connectivity index (χ1) is 9.36. The summed E-state index contributed by atoms with van der Waals surface area (Å²) in [5, 5.41) is 0. The molecule has 0 aliphatic carbocycles. The molecule has 0 bridgehead atoms. The van der Waals surface area contributed by atoms with Crippen molar-refractivity contribution in [3.05, 3.63) is 0 Å². The van der Waals surface area contributed by atoms with Crippen molar-refractivity contribution >= 4 is 5.97 Å². The summed E-state index contributed by atoms with van der Waals surface area (Å²) >= 11 is 0. The molecule has 0 aromatic carbocycles. The minimum Gasteiger partial charge on any atom is -0.466 e. The molecular formula is C16H28O3. The molecule has 0 radical (unpaired) electrons. The van der Waals surface area contributed by atoms with Gasteiger partial charge in [0.1, 0.15) is 0 Å². The lowest BCUT2D eigenvalue weighted by atomic mass is 10.0. The predicted molar refractivity (Wildman–Crippen MR) is 75.0 cm³/mol. The molecule has 2 aliphatic rings. The van der Waals surface area contributed by atoms with Gasteiger partial charge in [-0.3, -0.25) is 4.79 Å². The summed E-state index contributed by atoms with van der Waals surface area (Å²) in [7, 11) is 0. The smallest absolute Gasteiger partial charge is 0.305 e. The van der Waals surface area contributed by atoms with Crippen LogP contribution in [-0.4, -0.2) is 24.8 Å². The van der Waals surface area contributed by atoms with Crippen LogP contribution in [-0.2, 0) is 14.3 Å². The molecule has 0 aromatic heterocycles. The summed E-state index contributed by atoms with van der Waals surface area (Å²) in [5.74, 6) is -0.00472. The Morgan fingerprint density at radius 2 is 1.32 bits per heavy atom. The third-order valence-electron chi connectivity index (χ3n) is 4.20. The second kappa shape index (κ2) is 8.57. The summed E-state index contributed by atoms with van der Waals surface area (Å²) in [6.07, 6.45) is 14.8. The number of cyclic esters (lactones) is 1. The van der Waals surface area contributed by atoms with Crippen LogP contribution in [0.15, 0.2) is 0 Å². The van der Waals surface area contributed by atoms with Crippen LogP contribution in [0.2, 0.25) is 0 Å². The van der Waals surface area contributed by atoms with E-state index < -0.39 is 0 Å². The van der Waals surface area contributed by atoms with Crippen LogP contribution >= 0.6 is 0 Å². The van der Waals surface area contributed by atoms with Gasteiger partial charge in [-0.15, -0.1) is 0 Å². The predicted octanol–water partition coefficient (Wildman–Crippen LogP) is 3.99. The highest BCUT2D eigenvalue weighted by molar-refractivity contribution is 5.69. The molecule has 2 unspecified atom stereocenters. The lowest BCUT2D eigenvalue weighted by Crippen LogP contribution is -2.05. The Hall–Kier alpha value is -0.570. The van der Waals surface area contributed by atoms with Crippen molar-refractivity contribution in [1.29, 1.82) is 0 Å². The molecule has 0 saturated carbocycles. The molecule has 0 aromatic rings. The topological polar surface area (TPSA) is 38.8 Å². The highest BCUT2D eigenvalue weighted by Crippen LogP contribution is 2.31. The quantitative estimate of drug-likeness (QED) is 0.492. The van der Waals surface area contributed by atoms with Gasteiger partial charge in [0, 0.05) is 6.42 Å². The van der Waals surface area contributed by atoms with E-state index in [0.29, 0.717) is 25.2 Å². The Labute approximate surface area is 117 Å². The fraction of sp³-hybridized carbons (Fsp3) is 0.938. The summed E-state index contributed by atoms with van der Waals surface area (Å²) in [6, 6.07) is 0. The molecule has 2 fully saturated rings. The van der Waals surface area contributed by atoms with Crippen molar-refractivity contribution in [3.63, 3.8) is 0 Å². The normalized spacial score (nSPS) is 31.9. The van der Waals surface area contributed by atoms with Gasteiger partial charge < -0.3 is 9.47 Å². The number of hydrogen-bond acceptors (Lipinski definition) is 3. The Bertz CT molecular complexity index is 265. The number of carbonyl (C=O) groups excluding carboxylic acids is 1. The van der Waals surface area contributed by atoms with Gasteiger partial charge in [0.15, 0.2) is 0 Å². The van der Waals surface area contributed by atoms with Crippen molar-refractivity contribution in [2.75, 3.05) is 6.61 Å². The number of esters is 1. The molecule has 3 nitrogen and oxygen atoms in total. The number of fused-ring (bicyclic) bond motifs is 1. The molecule has 2 atom stereocenters. The van der Waals surface area contributed by atoms with E-state index in [-0.39, 0.29) is 5.97 Å². The van der Waals surface area contributed by atoms with Crippen LogP contribution in [0, 0.1) is 0 Å². The van der Waals surface area contributed by atoms with Crippen molar-refractivity contribution < 1.29 is 14.3 Å². The van der Waals surface area contributed by atoms with Gasteiger partial charge >= 0.3 is 5.97 Å². The molecule has 3 heteroatoms. The monoisotopic (exact) mass is 268 g/mol. The van der Waals surface area contributed by atoms with Crippen molar-refractivity contribution in [2.24, 2.45) is 0 Å². The van der Waals surface area contributed by atoms with E-state index in [2.05, 4.69) is 0 Å². The molecule has 2 aliphatic heterocycles. The van der Waals surface area contributed by atoms with Crippen molar-refractivity contribution in [2.45, 2.75) is 89.3 Å². The number of carbonyl (C=O) groups is 1. The van der Waals surface area contributed by atoms with Gasteiger partial charge in [-0.1, -0.05) is 44.9 Å². The minimum atomic E-state index is -0.00472. The average molecular weight is 268 g/mol. The van der Waals surface area contributed by atoms with E-state index >= 15 is 0 Å². The minimum absolute atomic E-state index is 0.00472. The average Bonchev–Trinajstić information content (AvgIpc) is 3.14. The van der Waals surface area contributed by atoms with E-state index in [1.54, 1.807) is 0 Å². The number of rotatable bonds is 0. The van der Waals surface area contributed by atoms with Gasteiger partial charge in [-0.05, 0) is 25.7 Å². The maximum atomic E-state index is 11.4. The van der Waals surface area contributed by atoms with Crippen LogP contribution in [0.3, 0.4) is 0 Å². The molecule has 0 N–H and O–H groups in total. The first-order valence-electron chi connectivity index (χ1n) is 8.17. The maximum absolute atomic E-state index is 11.4. The Kier molecular flexibility index (Phi) is 6.69. The Morgan fingerprint density at radius 3 is 2.05 bits per heavy atom. The summed E-state index contributed by atoms with van der Waals surface area (Å²) in [4.78, 5) is 11.4. The largest absolute Gasteiger partial charge is 0.466 e. The van der Waals surface area contributed by atoms with Gasteiger partial charge in [-0.2, -0.15) is 0 Å². The fourth-order valence-electron chi connectivity index (χ4n) is 2.89. The highest BCUT2D eigenvalue weighted by atomic mass is 16.6. The Morgan fingerprint density at radius 1 is 0.737 bits per heavy atom. The molecule has 0 amide bonds. The SMILES string of the molecule is O=C1CCCCCCC2OC2CCCCCCCO1. The van der Waals surface area contributed by atoms with Gasteiger partial charge in [0.2, 0.25) is 0 Å². The van der Waals surface area contributed by atoms with Crippen molar-refractivity contribution in [3.8, 4) is 0 Å². The van der Waals surface area contributed by atoms with Gasteiger partial charge in [-0.25, -0.2) is 0 Å². The second-order valence-corrected chi connectivity index (χ2v) is 5.94. The van der Waals surface area contributed by atoms with E-state index in [1.165, 1.54) is 51.4 Å². The fourth-order valence-corrected chi connectivity index (χ4v) is 2.89. The van der Waals surface area contributed by atoms with Crippen molar-refractivity contribution in [1.82, 2.24) is 0 Å². The molecule has 110 valence electrons. The van der Waals surface area contributed by atoms with Crippen LogP contribution in [0.5, 0.6) is 0 Å². The van der Waals surface area contributed by atoms with Gasteiger partial charge in [0.05, 0.1) is 18.8 Å². The van der Waals surface area contributed by atoms with Crippen LogP contribution in [0.25, 0.3) is 0 Å². The number of ether oxygens (including phenoxy) is 2. The zero-order chi connectivity index (χ0) is 13.3. The molecule has 2 saturated heterocycles. The van der Waals surface area contributed by atoms with Gasteiger partial charge in [0.25, 0.3) is 0 Å². The molecule has 19 heavy (non-hydrogen) atoms. The van der Waals surface area contributed by atoms with Crippen LogP contribution in [0.1, 0.15) is 77.0 Å². The lowest BCUT2D eigenvalue weighted by molar-refractivity contribution is -0.143. The highest BCUT2D eigenvalue weighted by Gasteiger charge is 2.36. The third-order valence-corrected chi connectivity index (χ3v) is 4.20. The lowest BCUT2D eigenvalue weighted by Gasteiger charge is -2.04. The zero-order valence-electron chi connectivity index (χ0n) is 12.1. The number of hydrogen-bond donors (Lipinski definition) is 0. The molecule has 0 spiro atoms. The van der Waals surface area contributed by atoms with E-state index in [9.17, 15) is 4.79 Å². The Balaban J connectivity index is 1.63. The standard InChI is InChI=1S/C16H28O3/c17-16-12-8-4-3-7-11-15-14(19-15)10-6-2-1-5-9-13-18-16/h14-15H,1-13H2. The van der Waals surface area contributed by atoms with E-state index in [4.69, 9.17) is 9.47 Å². The summed E-state index contributed by atoms with van der Waals surface area (Å²) < 4.78 is 10.9.